The fourth-order valence-electron chi connectivity index (χ4n) is 1.41. The molecule has 2 amide bonds. The van der Waals surface area contributed by atoms with Crippen LogP contribution in [0.2, 0.25) is 0 Å². The third kappa shape index (κ3) is 5.26. The lowest BCUT2D eigenvalue weighted by atomic mass is 10.2. The van der Waals surface area contributed by atoms with Gasteiger partial charge in [-0.25, -0.2) is 4.39 Å². The van der Waals surface area contributed by atoms with Crippen LogP contribution in [0.5, 0.6) is 0 Å². The Hall–Kier alpha value is -1.47. The minimum absolute atomic E-state index is 0.0758. The number of hydrogen-bond acceptors (Lipinski definition) is 3. The van der Waals surface area contributed by atoms with Crippen LogP contribution in [-0.4, -0.2) is 29.6 Å². The van der Waals surface area contributed by atoms with Crippen molar-refractivity contribution in [2.24, 2.45) is 0 Å². The highest BCUT2D eigenvalue weighted by atomic mass is 79.9. The van der Waals surface area contributed by atoms with Gasteiger partial charge in [-0.05, 0) is 31.0 Å². The molecule has 1 atom stereocenters. The van der Waals surface area contributed by atoms with Crippen LogP contribution in [0.1, 0.15) is 19.8 Å². The summed E-state index contributed by atoms with van der Waals surface area (Å²) in [6, 6.07) is 4.02. The Morgan fingerprint density at radius 1 is 1.40 bits per heavy atom. The van der Waals surface area contributed by atoms with Gasteiger partial charge in [-0.1, -0.05) is 22.9 Å². The minimum atomic E-state index is -0.951. The van der Waals surface area contributed by atoms with Gasteiger partial charge in [-0.3, -0.25) is 9.59 Å². The third-order valence-corrected chi connectivity index (χ3v) is 3.11. The Kier molecular flexibility index (Phi) is 6.60. The molecule has 7 heteroatoms. The molecule has 0 radical (unpaired) electrons. The molecule has 0 bridgehead atoms. The van der Waals surface area contributed by atoms with E-state index in [1.165, 1.54) is 18.2 Å². The van der Waals surface area contributed by atoms with E-state index < -0.39 is 23.7 Å². The average Bonchev–Trinajstić information content (AvgIpc) is 2.42. The second kappa shape index (κ2) is 7.96. The molecule has 1 rings (SSSR count). The van der Waals surface area contributed by atoms with Crippen LogP contribution in [0.3, 0.4) is 0 Å². The summed E-state index contributed by atoms with van der Waals surface area (Å²) in [6.07, 6.45) is 0.424. The van der Waals surface area contributed by atoms with E-state index in [1.54, 1.807) is 0 Å². The normalized spacial score (nSPS) is 11.8. The zero-order valence-electron chi connectivity index (χ0n) is 11.0. The van der Waals surface area contributed by atoms with Crippen LogP contribution in [0.4, 0.5) is 10.1 Å². The summed E-state index contributed by atoms with van der Waals surface area (Å²) in [6.45, 7) is 2.00. The lowest BCUT2D eigenvalue weighted by Gasteiger charge is -2.09. The third-order valence-electron chi connectivity index (χ3n) is 2.62. The van der Waals surface area contributed by atoms with Gasteiger partial charge in [0.1, 0.15) is 5.82 Å². The molecule has 0 aliphatic rings. The topological polar surface area (TPSA) is 78.4 Å². The second-order valence-corrected chi connectivity index (χ2v) is 5.10. The van der Waals surface area contributed by atoms with Gasteiger partial charge >= 0.3 is 11.8 Å². The lowest BCUT2D eigenvalue weighted by Crippen LogP contribution is -2.37. The van der Waals surface area contributed by atoms with Crippen LogP contribution in [-0.2, 0) is 9.59 Å². The monoisotopic (exact) mass is 346 g/mol. The predicted molar refractivity (Wildman–Crippen MR) is 76.7 cm³/mol. The molecule has 5 nitrogen and oxygen atoms in total. The zero-order valence-corrected chi connectivity index (χ0v) is 12.5. The van der Waals surface area contributed by atoms with Crippen LogP contribution in [0.15, 0.2) is 22.7 Å². The zero-order chi connectivity index (χ0) is 15.1. The van der Waals surface area contributed by atoms with E-state index in [2.05, 4.69) is 26.6 Å². The van der Waals surface area contributed by atoms with Gasteiger partial charge in [-0.2, -0.15) is 0 Å². The molecule has 0 heterocycles. The van der Waals surface area contributed by atoms with Crippen molar-refractivity contribution in [1.29, 1.82) is 0 Å². The smallest absolute Gasteiger partial charge is 0.313 e. The molecule has 1 unspecified atom stereocenters. The van der Waals surface area contributed by atoms with Crippen LogP contribution in [0, 0.1) is 5.82 Å². The maximum absolute atomic E-state index is 13.4. The van der Waals surface area contributed by atoms with Crippen LogP contribution >= 0.6 is 15.9 Å². The Labute approximate surface area is 124 Å². The number of rotatable bonds is 5. The highest BCUT2D eigenvalue weighted by Gasteiger charge is 2.15. The summed E-state index contributed by atoms with van der Waals surface area (Å²) in [5.74, 6) is -2.45. The number of benzene rings is 1. The quantitative estimate of drug-likeness (QED) is 0.711. The number of aliphatic hydroxyl groups is 1. The summed E-state index contributed by atoms with van der Waals surface area (Å²) in [5.41, 5.74) is -0.0758. The molecule has 0 aliphatic heterocycles. The van der Waals surface area contributed by atoms with E-state index >= 15 is 0 Å². The van der Waals surface area contributed by atoms with Gasteiger partial charge in [-0.15, -0.1) is 0 Å². The molecule has 0 spiro atoms. The number of hydrogen-bond donors (Lipinski definition) is 3. The van der Waals surface area contributed by atoms with E-state index in [0.717, 1.165) is 0 Å². The summed E-state index contributed by atoms with van der Waals surface area (Å²) >= 11 is 3.14. The van der Waals surface area contributed by atoms with Crippen molar-refractivity contribution in [2.75, 3.05) is 11.9 Å². The molecule has 1 aromatic rings. The molecule has 0 aliphatic carbocycles. The minimum Gasteiger partial charge on any atom is -0.393 e. The molecular formula is C13H16BrFN2O3. The largest absolute Gasteiger partial charge is 0.393 e. The number of aliphatic hydroxyl groups excluding tert-OH is 1. The highest BCUT2D eigenvalue weighted by Crippen LogP contribution is 2.19. The standard InChI is InChI=1S/C13H16BrFN2O3/c1-2-9(18)5-6-16-12(19)13(20)17-11-7-8(14)3-4-10(11)15/h3-4,7,9,18H,2,5-6H2,1H3,(H,16,19)(H,17,20). The number of halogens is 2. The molecule has 110 valence electrons. The highest BCUT2D eigenvalue weighted by molar-refractivity contribution is 9.10. The van der Waals surface area contributed by atoms with Gasteiger partial charge in [0.25, 0.3) is 0 Å². The summed E-state index contributed by atoms with van der Waals surface area (Å²) < 4.78 is 14.0. The first kappa shape index (κ1) is 16.6. The fourth-order valence-corrected chi connectivity index (χ4v) is 1.77. The Morgan fingerprint density at radius 3 is 2.75 bits per heavy atom. The first-order chi connectivity index (χ1) is 9.43. The van der Waals surface area contributed by atoms with Crippen molar-refractivity contribution in [2.45, 2.75) is 25.9 Å². The van der Waals surface area contributed by atoms with Crippen molar-refractivity contribution in [3.05, 3.63) is 28.5 Å². The molecular weight excluding hydrogens is 331 g/mol. The molecule has 20 heavy (non-hydrogen) atoms. The molecule has 0 saturated heterocycles. The SMILES string of the molecule is CCC(O)CCNC(=O)C(=O)Nc1cc(Br)ccc1F. The summed E-state index contributed by atoms with van der Waals surface area (Å²) in [4.78, 5) is 23.0. The van der Waals surface area contributed by atoms with E-state index in [9.17, 15) is 19.1 Å². The Bertz CT molecular complexity index is 497. The van der Waals surface area contributed by atoms with Crippen molar-refractivity contribution >= 4 is 33.4 Å². The second-order valence-electron chi connectivity index (χ2n) is 4.18. The number of amides is 2. The number of anilines is 1. The number of carbonyl (C=O) groups is 2. The van der Waals surface area contributed by atoms with Crippen LogP contribution < -0.4 is 10.6 Å². The van der Waals surface area contributed by atoms with Gasteiger partial charge in [0.2, 0.25) is 0 Å². The predicted octanol–water partition coefficient (Wildman–Crippen LogP) is 1.80. The first-order valence-electron chi connectivity index (χ1n) is 6.16. The molecule has 3 N–H and O–H groups in total. The van der Waals surface area contributed by atoms with Crippen molar-refractivity contribution in [3.8, 4) is 0 Å². The Morgan fingerprint density at radius 2 is 2.10 bits per heavy atom. The number of nitrogens with one attached hydrogen (secondary N) is 2. The molecule has 0 fully saturated rings. The van der Waals surface area contributed by atoms with Gasteiger partial charge in [0.05, 0.1) is 11.8 Å². The molecule has 0 aromatic heterocycles. The fraction of sp³-hybridized carbons (Fsp3) is 0.385. The maximum atomic E-state index is 13.4. The lowest BCUT2D eigenvalue weighted by molar-refractivity contribution is -0.136. The van der Waals surface area contributed by atoms with E-state index in [1.807, 2.05) is 6.92 Å². The summed E-state index contributed by atoms with van der Waals surface area (Å²) in [5, 5.41) is 13.8. The van der Waals surface area contributed by atoms with E-state index in [-0.39, 0.29) is 12.2 Å². The molecule has 0 saturated carbocycles. The van der Waals surface area contributed by atoms with E-state index in [0.29, 0.717) is 17.3 Å². The molecule has 1 aromatic carbocycles. The number of carbonyl (C=O) groups excluding carboxylic acids is 2. The van der Waals surface area contributed by atoms with Crippen molar-refractivity contribution in [1.82, 2.24) is 5.32 Å². The van der Waals surface area contributed by atoms with Gasteiger partial charge in [0.15, 0.2) is 0 Å². The van der Waals surface area contributed by atoms with Crippen LogP contribution in [0.25, 0.3) is 0 Å². The first-order valence-corrected chi connectivity index (χ1v) is 6.95. The van der Waals surface area contributed by atoms with Gasteiger partial charge in [0, 0.05) is 11.0 Å². The van der Waals surface area contributed by atoms with Crippen molar-refractivity contribution < 1.29 is 19.1 Å². The summed E-state index contributed by atoms with van der Waals surface area (Å²) in [7, 11) is 0. The maximum Gasteiger partial charge on any atom is 0.313 e. The average molecular weight is 347 g/mol. The van der Waals surface area contributed by atoms with Crippen molar-refractivity contribution in [3.63, 3.8) is 0 Å². The van der Waals surface area contributed by atoms with E-state index in [4.69, 9.17) is 0 Å². The Balaban J connectivity index is 2.49. The van der Waals surface area contributed by atoms with Gasteiger partial charge < -0.3 is 15.7 Å².